The molecule has 3 rings (SSSR count). The summed E-state index contributed by atoms with van der Waals surface area (Å²) in [6, 6.07) is 6.34. The van der Waals surface area contributed by atoms with E-state index >= 15 is 0 Å². The molecule has 2 N–H and O–H groups in total. The van der Waals surface area contributed by atoms with Crippen molar-refractivity contribution in [3.05, 3.63) is 30.1 Å². The third-order valence-corrected chi connectivity index (χ3v) is 3.70. The van der Waals surface area contributed by atoms with Crippen LogP contribution < -0.4 is 15.8 Å². The number of halogens is 1. The van der Waals surface area contributed by atoms with Crippen molar-refractivity contribution in [2.24, 2.45) is 0 Å². The third-order valence-electron chi connectivity index (χ3n) is 3.42. The average molecular weight is 251 g/mol. The van der Waals surface area contributed by atoms with Crippen molar-refractivity contribution >= 4 is 23.0 Å². The number of nitrogens with one attached hydrogen (secondary N) is 2. The summed E-state index contributed by atoms with van der Waals surface area (Å²) in [5.74, 6) is -0.234. The first-order valence-electron chi connectivity index (χ1n) is 5.84. The molecule has 2 fully saturated rings. The first-order chi connectivity index (χ1) is 8.19. The van der Waals surface area contributed by atoms with Crippen molar-refractivity contribution in [1.29, 1.82) is 0 Å². The van der Waals surface area contributed by atoms with Gasteiger partial charge in [0.15, 0.2) is 5.11 Å². The number of thiocarbonyl (C=S) groups is 1. The van der Waals surface area contributed by atoms with Crippen molar-refractivity contribution in [3.63, 3.8) is 0 Å². The van der Waals surface area contributed by atoms with E-state index in [0.29, 0.717) is 5.11 Å². The standard InChI is InChI=1S/C12H14FN3S/c13-9-3-5-10(6-4-9)16-11(17)14-12(15-16)7-1-2-8-12/h3-6,15H,1-2,7-8H2,(H,14,17). The highest BCUT2D eigenvalue weighted by Gasteiger charge is 2.42. The van der Waals surface area contributed by atoms with Gasteiger partial charge in [-0.05, 0) is 62.2 Å². The van der Waals surface area contributed by atoms with E-state index < -0.39 is 0 Å². The van der Waals surface area contributed by atoms with Crippen LogP contribution in [0.3, 0.4) is 0 Å². The maximum absolute atomic E-state index is 12.9. The zero-order valence-electron chi connectivity index (χ0n) is 9.37. The van der Waals surface area contributed by atoms with Crippen molar-refractivity contribution in [2.75, 3.05) is 5.01 Å². The zero-order valence-corrected chi connectivity index (χ0v) is 10.2. The molecule has 0 unspecified atom stereocenters. The molecule has 0 bridgehead atoms. The number of benzene rings is 1. The molecular formula is C12H14FN3S. The van der Waals surface area contributed by atoms with Crippen molar-refractivity contribution in [2.45, 2.75) is 31.3 Å². The second-order valence-corrected chi connectivity index (χ2v) is 5.03. The molecule has 5 heteroatoms. The Kier molecular flexibility index (Phi) is 2.52. The number of nitrogens with zero attached hydrogens (tertiary/aromatic N) is 1. The number of rotatable bonds is 1. The number of hydrogen-bond donors (Lipinski definition) is 2. The van der Waals surface area contributed by atoms with Crippen LogP contribution in [0.1, 0.15) is 25.7 Å². The molecule has 1 aromatic rings. The Morgan fingerprint density at radius 1 is 1.18 bits per heavy atom. The lowest BCUT2D eigenvalue weighted by molar-refractivity contribution is 0.349. The SMILES string of the molecule is Fc1ccc(N2NC3(CCCC3)NC2=S)cc1. The van der Waals surface area contributed by atoms with Crippen LogP contribution in [0.15, 0.2) is 24.3 Å². The molecule has 3 nitrogen and oxygen atoms in total. The minimum atomic E-state index is -0.234. The van der Waals surface area contributed by atoms with E-state index in [0.717, 1.165) is 18.5 Å². The van der Waals surface area contributed by atoms with Gasteiger partial charge in [-0.15, -0.1) is 0 Å². The minimum absolute atomic E-state index is 0.0779. The molecule has 17 heavy (non-hydrogen) atoms. The quantitative estimate of drug-likeness (QED) is 0.749. The Morgan fingerprint density at radius 3 is 2.47 bits per heavy atom. The Balaban J connectivity index is 1.85. The van der Waals surface area contributed by atoms with E-state index in [1.54, 1.807) is 12.1 Å². The minimum Gasteiger partial charge on any atom is -0.342 e. The van der Waals surface area contributed by atoms with E-state index in [9.17, 15) is 4.39 Å². The van der Waals surface area contributed by atoms with Gasteiger partial charge in [0.1, 0.15) is 11.5 Å². The molecule has 90 valence electrons. The summed E-state index contributed by atoms with van der Waals surface area (Å²) in [5.41, 5.74) is 4.20. The van der Waals surface area contributed by atoms with Crippen LogP contribution in [0.5, 0.6) is 0 Å². The Labute approximate surface area is 105 Å². The molecule has 0 aromatic heterocycles. The predicted octanol–water partition coefficient (Wildman–Crippen LogP) is 2.30. The molecule has 1 saturated heterocycles. The van der Waals surface area contributed by atoms with Crippen LogP contribution in [0.2, 0.25) is 0 Å². The lowest BCUT2D eigenvalue weighted by Gasteiger charge is -2.24. The summed E-state index contributed by atoms with van der Waals surface area (Å²) in [4.78, 5) is 0. The fraction of sp³-hybridized carbons (Fsp3) is 0.417. The van der Waals surface area contributed by atoms with Gasteiger partial charge in [0.25, 0.3) is 0 Å². The Morgan fingerprint density at radius 2 is 1.82 bits per heavy atom. The third kappa shape index (κ3) is 1.89. The maximum Gasteiger partial charge on any atom is 0.189 e. The summed E-state index contributed by atoms with van der Waals surface area (Å²) in [7, 11) is 0. The van der Waals surface area contributed by atoms with Gasteiger partial charge in [-0.1, -0.05) is 0 Å². The van der Waals surface area contributed by atoms with Gasteiger partial charge in [0.05, 0.1) is 5.69 Å². The molecule has 1 aromatic carbocycles. The van der Waals surface area contributed by atoms with E-state index in [-0.39, 0.29) is 11.5 Å². The van der Waals surface area contributed by atoms with E-state index in [4.69, 9.17) is 12.2 Å². The van der Waals surface area contributed by atoms with Crippen LogP contribution in [-0.2, 0) is 0 Å². The molecule has 1 saturated carbocycles. The van der Waals surface area contributed by atoms with Gasteiger partial charge in [-0.2, -0.15) is 0 Å². The second kappa shape index (κ2) is 3.92. The van der Waals surface area contributed by atoms with Gasteiger partial charge in [-0.25, -0.2) is 9.82 Å². The van der Waals surface area contributed by atoms with Crippen molar-refractivity contribution in [3.8, 4) is 0 Å². The van der Waals surface area contributed by atoms with Gasteiger partial charge in [0, 0.05) is 0 Å². The molecule has 0 amide bonds. The topological polar surface area (TPSA) is 27.3 Å². The van der Waals surface area contributed by atoms with Gasteiger partial charge < -0.3 is 5.32 Å². The van der Waals surface area contributed by atoms with Gasteiger partial charge >= 0.3 is 0 Å². The lowest BCUT2D eigenvalue weighted by Crippen LogP contribution is -2.48. The summed E-state index contributed by atoms with van der Waals surface area (Å²) in [5, 5.41) is 5.84. The molecule has 1 aliphatic carbocycles. The molecular weight excluding hydrogens is 237 g/mol. The first-order valence-corrected chi connectivity index (χ1v) is 6.25. The summed E-state index contributed by atoms with van der Waals surface area (Å²) < 4.78 is 12.9. The van der Waals surface area contributed by atoms with Crippen molar-refractivity contribution in [1.82, 2.24) is 10.7 Å². The number of hydrogen-bond acceptors (Lipinski definition) is 2. The molecule has 2 aliphatic rings. The maximum atomic E-state index is 12.9. The van der Waals surface area contributed by atoms with Crippen LogP contribution in [0, 0.1) is 5.82 Å². The van der Waals surface area contributed by atoms with E-state index in [1.807, 2.05) is 5.01 Å². The average Bonchev–Trinajstić information content (AvgIpc) is 2.88. The van der Waals surface area contributed by atoms with Crippen LogP contribution in [0.4, 0.5) is 10.1 Å². The van der Waals surface area contributed by atoms with Gasteiger partial charge in [0.2, 0.25) is 0 Å². The fourth-order valence-electron chi connectivity index (χ4n) is 2.54. The zero-order chi connectivity index (χ0) is 11.9. The van der Waals surface area contributed by atoms with Crippen molar-refractivity contribution < 1.29 is 4.39 Å². The van der Waals surface area contributed by atoms with Gasteiger partial charge in [-0.3, -0.25) is 5.01 Å². The molecule has 1 aliphatic heterocycles. The second-order valence-electron chi connectivity index (χ2n) is 4.64. The first kappa shape index (κ1) is 10.9. The molecule has 1 heterocycles. The largest absolute Gasteiger partial charge is 0.342 e. The molecule has 1 spiro atoms. The van der Waals surface area contributed by atoms with Crippen LogP contribution in [0.25, 0.3) is 0 Å². The number of anilines is 1. The van der Waals surface area contributed by atoms with Crippen LogP contribution >= 0.6 is 12.2 Å². The smallest absolute Gasteiger partial charge is 0.189 e. The van der Waals surface area contributed by atoms with E-state index in [1.165, 1.54) is 25.0 Å². The van der Waals surface area contributed by atoms with Crippen LogP contribution in [-0.4, -0.2) is 10.8 Å². The normalized spacial score (nSPS) is 22.2. The number of hydrazine groups is 1. The highest BCUT2D eigenvalue weighted by Crippen LogP contribution is 2.32. The summed E-state index contributed by atoms with van der Waals surface area (Å²) in [6.07, 6.45) is 4.56. The Bertz CT molecular complexity index is 440. The molecule has 0 atom stereocenters. The highest BCUT2D eigenvalue weighted by atomic mass is 32.1. The highest BCUT2D eigenvalue weighted by molar-refractivity contribution is 7.80. The summed E-state index contributed by atoms with van der Waals surface area (Å²) in [6.45, 7) is 0. The lowest BCUT2D eigenvalue weighted by atomic mass is 10.1. The fourth-order valence-corrected chi connectivity index (χ4v) is 2.89. The van der Waals surface area contributed by atoms with E-state index in [2.05, 4.69) is 10.7 Å². The molecule has 0 radical (unpaired) electrons. The summed E-state index contributed by atoms with van der Waals surface area (Å²) >= 11 is 5.32. The predicted molar refractivity (Wildman–Crippen MR) is 68.9 cm³/mol. The Hall–Kier alpha value is -1.20. The monoisotopic (exact) mass is 251 g/mol.